The first kappa shape index (κ1) is 18.9. The molecule has 0 aliphatic carbocycles. The van der Waals surface area contributed by atoms with E-state index in [-0.39, 0.29) is 5.91 Å². The highest BCUT2D eigenvalue weighted by Crippen LogP contribution is 2.23. The summed E-state index contributed by atoms with van der Waals surface area (Å²) in [6.07, 6.45) is 2.40. The molecule has 0 fully saturated rings. The molecule has 0 saturated heterocycles. The lowest BCUT2D eigenvalue weighted by molar-refractivity contribution is 0.0946. The van der Waals surface area contributed by atoms with Crippen molar-refractivity contribution in [2.75, 3.05) is 6.54 Å². The number of rotatable bonds is 6. The third-order valence-electron chi connectivity index (χ3n) is 4.46. The lowest BCUT2D eigenvalue weighted by Crippen LogP contribution is -2.28. The summed E-state index contributed by atoms with van der Waals surface area (Å²) in [5.41, 5.74) is 3.78. The van der Waals surface area contributed by atoms with E-state index >= 15 is 0 Å². The molecule has 2 heterocycles. The first-order valence-corrected chi connectivity index (χ1v) is 9.68. The fourth-order valence-corrected chi connectivity index (χ4v) is 3.22. The van der Waals surface area contributed by atoms with E-state index < -0.39 is 0 Å². The molecule has 2 aromatic heterocycles. The minimum absolute atomic E-state index is 0.199. The summed E-state index contributed by atoms with van der Waals surface area (Å²) in [4.78, 5) is 17.2. The number of hydrogen-bond donors (Lipinski definition) is 1. The van der Waals surface area contributed by atoms with Crippen molar-refractivity contribution < 1.29 is 4.79 Å². The molecule has 0 radical (unpaired) electrons. The molecule has 0 spiro atoms. The second kappa shape index (κ2) is 8.71. The van der Waals surface area contributed by atoms with Crippen molar-refractivity contribution >= 4 is 17.5 Å². The van der Waals surface area contributed by atoms with Crippen LogP contribution in [0.1, 0.15) is 16.2 Å². The largest absolute Gasteiger partial charge is 0.350 e. The number of nitrogens with zero attached hydrogens (tertiary/aromatic N) is 3. The third kappa shape index (κ3) is 4.52. The van der Waals surface area contributed by atoms with Crippen LogP contribution in [0.2, 0.25) is 5.02 Å². The predicted molar refractivity (Wildman–Crippen MR) is 114 cm³/mol. The summed E-state index contributed by atoms with van der Waals surface area (Å²) in [7, 11) is 0. The van der Waals surface area contributed by atoms with Gasteiger partial charge in [-0.25, -0.2) is 4.68 Å². The predicted octanol–water partition coefficient (Wildman–Crippen LogP) is 4.56. The number of carbonyl (C=O) groups excluding carboxylic acids is 1. The van der Waals surface area contributed by atoms with Gasteiger partial charge in [-0.1, -0.05) is 54.1 Å². The maximum absolute atomic E-state index is 12.9. The van der Waals surface area contributed by atoms with Crippen molar-refractivity contribution in [2.24, 2.45) is 0 Å². The molecule has 0 unspecified atom stereocenters. The Morgan fingerprint density at radius 3 is 2.55 bits per heavy atom. The molecular weight excluding hydrogens is 384 g/mol. The third-order valence-corrected chi connectivity index (χ3v) is 4.69. The molecule has 1 amide bonds. The highest BCUT2D eigenvalue weighted by Gasteiger charge is 2.17. The molecule has 1 N–H and O–H groups in total. The zero-order valence-electron chi connectivity index (χ0n) is 15.6. The average molecular weight is 403 g/mol. The SMILES string of the molecule is O=C(NCCc1ccccn1)c1cc(-c2ccccc2)nn1-c1cccc(Cl)c1. The summed E-state index contributed by atoms with van der Waals surface area (Å²) < 4.78 is 1.63. The van der Waals surface area contributed by atoms with Crippen LogP contribution in [-0.4, -0.2) is 27.2 Å². The Kier molecular flexibility index (Phi) is 5.68. The van der Waals surface area contributed by atoms with Gasteiger partial charge in [0.2, 0.25) is 0 Å². The van der Waals surface area contributed by atoms with E-state index in [2.05, 4.69) is 15.4 Å². The van der Waals surface area contributed by atoms with E-state index in [1.165, 1.54) is 0 Å². The Hall–Kier alpha value is -3.44. The van der Waals surface area contributed by atoms with Gasteiger partial charge in [0.15, 0.2) is 0 Å². The first-order valence-electron chi connectivity index (χ1n) is 9.30. The molecule has 2 aromatic carbocycles. The van der Waals surface area contributed by atoms with Gasteiger partial charge in [-0.3, -0.25) is 9.78 Å². The quantitative estimate of drug-likeness (QED) is 0.514. The highest BCUT2D eigenvalue weighted by molar-refractivity contribution is 6.30. The zero-order valence-corrected chi connectivity index (χ0v) is 16.4. The number of halogens is 1. The number of pyridine rings is 1. The van der Waals surface area contributed by atoms with Crippen LogP contribution in [0.25, 0.3) is 16.9 Å². The van der Waals surface area contributed by atoms with Gasteiger partial charge in [0.25, 0.3) is 5.91 Å². The molecular formula is C23H19ClN4O. The monoisotopic (exact) mass is 402 g/mol. The number of carbonyl (C=O) groups is 1. The molecule has 29 heavy (non-hydrogen) atoms. The topological polar surface area (TPSA) is 59.8 Å². The summed E-state index contributed by atoms with van der Waals surface area (Å²) in [6.45, 7) is 0.483. The van der Waals surface area contributed by atoms with Gasteiger partial charge in [-0.05, 0) is 36.4 Å². The summed E-state index contributed by atoms with van der Waals surface area (Å²) >= 11 is 6.15. The van der Waals surface area contributed by atoms with Crippen molar-refractivity contribution in [3.8, 4) is 16.9 Å². The van der Waals surface area contributed by atoms with Crippen molar-refractivity contribution in [2.45, 2.75) is 6.42 Å². The maximum Gasteiger partial charge on any atom is 0.270 e. The van der Waals surface area contributed by atoms with Crippen LogP contribution in [0.3, 0.4) is 0 Å². The van der Waals surface area contributed by atoms with Crippen LogP contribution >= 0.6 is 11.6 Å². The second-order valence-corrected chi connectivity index (χ2v) is 6.94. The number of benzene rings is 2. The smallest absolute Gasteiger partial charge is 0.270 e. The Labute approximate surface area is 174 Å². The fraction of sp³-hybridized carbons (Fsp3) is 0.0870. The molecule has 6 heteroatoms. The summed E-state index contributed by atoms with van der Waals surface area (Å²) in [6, 6.07) is 24.6. The summed E-state index contributed by atoms with van der Waals surface area (Å²) in [5, 5.41) is 8.21. The normalized spacial score (nSPS) is 10.7. The Bertz CT molecular complexity index is 1110. The maximum atomic E-state index is 12.9. The standard InChI is InChI=1S/C23H19ClN4O/c24-18-9-6-11-20(15-18)28-22(16-21(27-28)17-7-2-1-3-8-17)23(29)26-14-12-19-10-4-5-13-25-19/h1-11,13,15-16H,12,14H2,(H,26,29). The van der Waals surface area contributed by atoms with Crippen molar-refractivity contribution in [3.63, 3.8) is 0 Å². The molecule has 4 aromatic rings. The van der Waals surface area contributed by atoms with Crippen LogP contribution < -0.4 is 5.32 Å². The second-order valence-electron chi connectivity index (χ2n) is 6.50. The molecule has 0 atom stereocenters. The average Bonchev–Trinajstić information content (AvgIpc) is 3.21. The summed E-state index contributed by atoms with van der Waals surface area (Å²) in [5.74, 6) is -0.199. The minimum Gasteiger partial charge on any atom is -0.350 e. The van der Waals surface area contributed by atoms with Crippen molar-refractivity contribution in [1.29, 1.82) is 0 Å². The van der Waals surface area contributed by atoms with Crippen LogP contribution in [-0.2, 0) is 6.42 Å². The van der Waals surface area contributed by atoms with Crippen molar-refractivity contribution in [3.05, 3.63) is 101 Å². The zero-order chi connectivity index (χ0) is 20.1. The molecule has 144 valence electrons. The van der Waals surface area contributed by atoms with Crippen LogP contribution in [0.5, 0.6) is 0 Å². The van der Waals surface area contributed by atoms with Crippen LogP contribution in [0, 0.1) is 0 Å². The first-order chi connectivity index (χ1) is 14.2. The number of nitrogens with one attached hydrogen (secondary N) is 1. The van der Waals surface area contributed by atoms with Crippen LogP contribution in [0.4, 0.5) is 0 Å². The molecule has 0 bridgehead atoms. The molecule has 0 aliphatic rings. The van der Waals surface area contributed by atoms with Gasteiger partial charge in [-0.2, -0.15) is 5.10 Å². The van der Waals surface area contributed by atoms with E-state index in [1.807, 2.05) is 60.7 Å². The van der Waals surface area contributed by atoms with Gasteiger partial charge in [-0.15, -0.1) is 0 Å². The number of hydrogen-bond acceptors (Lipinski definition) is 3. The van der Waals surface area contributed by atoms with Gasteiger partial charge in [0.05, 0.1) is 11.4 Å². The van der Waals surface area contributed by atoms with E-state index in [4.69, 9.17) is 11.6 Å². The number of amides is 1. The molecule has 4 rings (SSSR count). The van der Waals surface area contributed by atoms with E-state index in [9.17, 15) is 4.79 Å². The van der Waals surface area contributed by atoms with Gasteiger partial charge in [0.1, 0.15) is 5.69 Å². The highest BCUT2D eigenvalue weighted by atomic mass is 35.5. The Morgan fingerprint density at radius 1 is 0.966 bits per heavy atom. The molecule has 5 nitrogen and oxygen atoms in total. The van der Waals surface area contributed by atoms with Gasteiger partial charge >= 0.3 is 0 Å². The van der Waals surface area contributed by atoms with E-state index in [0.29, 0.717) is 23.7 Å². The Balaban J connectivity index is 1.61. The minimum atomic E-state index is -0.199. The number of aromatic nitrogens is 3. The fourth-order valence-electron chi connectivity index (χ4n) is 3.04. The van der Waals surface area contributed by atoms with Crippen molar-refractivity contribution in [1.82, 2.24) is 20.1 Å². The van der Waals surface area contributed by atoms with Gasteiger partial charge in [0, 0.05) is 35.4 Å². The lowest BCUT2D eigenvalue weighted by Gasteiger charge is -2.08. The van der Waals surface area contributed by atoms with Crippen LogP contribution in [0.15, 0.2) is 85.1 Å². The Morgan fingerprint density at radius 2 is 1.79 bits per heavy atom. The van der Waals surface area contributed by atoms with E-state index in [0.717, 1.165) is 22.6 Å². The van der Waals surface area contributed by atoms with E-state index in [1.54, 1.807) is 29.1 Å². The molecule has 0 aliphatic heterocycles. The van der Waals surface area contributed by atoms with Gasteiger partial charge < -0.3 is 5.32 Å². The lowest BCUT2D eigenvalue weighted by atomic mass is 10.1. The molecule has 0 saturated carbocycles.